The Hall–Kier alpha value is -2.48. The Morgan fingerprint density at radius 1 is 0.955 bits per heavy atom. The highest BCUT2D eigenvalue weighted by atomic mass is 16.3. The van der Waals surface area contributed by atoms with Crippen molar-refractivity contribution in [1.29, 1.82) is 0 Å². The summed E-state index contributed by atoms with van der Waals surface area (Å²) in [4.78, 5) is 0. The summed E-state index contributed by atoms with van der Waals surface area (Å²) in [5.74, 6) is 0. The summed E-state index contributed by atoms with van der Waals surface area (Å²) in [6.45, 7) is 6.08. The highest BCUT2D eigenvalue weighted by molar-refractivity contribution is 6.05. The van der Waals surface area contributed by atoms with Gasteiger partial charge in [-0.15, -0.1) is 0 Å². The van der Waals surface area contributed by atoms with Crippen LogP contribution in [0, 0.1) is 0 Å². The van der Waals surface area contributed by atoms with E-state index >= 15 is 0 Å². The number of hydrogen-bond acceptors (Lipinski definition) is 2. The van der Waals surface area contributed by atoms with Crippen LogP contribution >= 0.6 is 0 Å². The van der Waals surface area contributed by atoms with Crippen LogP contribution in [-0.4, -0.2) is 0 Å². The number of benzene rings is 2. The zero-order valence-electron chi connectivity index (χ0n) is 13.3. The molecule has 0 saturated heterocycles. The average molecular weight is 291 g/mol. The zero-order valence-corrected chi connectivity index (χ0v) is 13.3. The Bertz CT molecular complexity index is 854. The van der Waals surface area contributed by atoms with Crippen molar-refractivity contribution in [2.45, 2.75) is 26.8 Å². The fraction of sp³-hybridized carbons (Fsp3) is 0.200. The molecule has 1 aliphatic rings. The number of para-hydroxylation sites is 2. The second kappa shape index (κ2) is 6.10. The second-order valence-electron chi connectivity index (χ2n) is 5.21. The number of hydrogen-bond donors (Lipinski definition) is 1. The molecule has 2 heteroatoms. The van der Waals surface area contributed by atoms with E-state index in [2.05, 4.69) is 54.7 Å². The minimum Gasteiger partial charge on any atom is -0.456 e. The third kappa shape index (κ3) is 2.41. The van der Waals surface area contributed by atoms with E-state index in [9.17, 15) is 0 Å². The first kappa shape index (κ1) is 14.5. The number of allylic oxidation sites excluding steroid dienone is 2. The van der Waals surface area contributed by atoms with Gasteiger partial charge in [0.15, 0.2) is 0 Å². The Balaban J connectivity index is 0.000000693. The highest BCUT2D eigenvalue weighted by Crippen LogP contribution is 2.34. The molecule has 0 radical (unpaired) electrons. The quantitative estimate of drug-likeness (QED) is 0.620. The predicted molar refractivity (Wildman–Crippen MR) is 93.8 cm³/mol. The summed E-state index contributed by atoms with van der Waals surface area (Å²) < 4.78 is 6.07. The summed E-state index contributed by atoms with van der Waals surface area (Å²) in [6.07, 6.45) is 6.37. The van der Waals surface area contributed by atoms with Crippen LogP contribution in [0.5, 0.6) is 0 Å². The van der Waals surface area contributed by atoms with Crippen LogP contribution in [0.4, 0.5) is 0 Å². The third-order valence-electron chi connectivity index (χ3n) is 3.81. The van der Waals surface area contributed by atoms with Gasteiger partial charge in [-0.25, -0.2) is 0 Å². The molecule has 1 N–H and O–H groups in total. The Kier molecular flexibility index (Phi) is 4.01. The van der Waals surface area contributed by atoms with Crippen molar-refractivity contribution in [2.75, 3.05) is 0 Å². The van der Waals surface area contributed by atoms with Gasteiger partial charge in [0.25, 0.3) is 0 Å². The van der Waals surface area contributed by atoms with Crippen molar-refractivity contribution >= 4 is 21.9 Å². The van der Waals surface area contributed by atoms with Gasteiger partial charge in [0.2, 0.25) is 0 Å². The maximum atomic E-state index is 6.07. The fourth-order valence-electron chi connectivity index (χ4n) is 2.78. The molecule has 0 spiro atoms. The van der Waals surface area contributed by atoms with E-state index in [1.165, 1.54) is 21.9 Å². The molecule has 112 valence electrons. The maximum Gasteiger partial charge on any atom is 0.141 e. The van der Waals surface area contributed by atoms with Gasteiger partial charge in [-0.05, 0) is 18.6 Å². The van der Waals surface area contributed by atoms with Crippen molar-refractivity contribution < 1.29 is 4.42 Å². The highest BCUT2D eigenvalue weighted by Gasteiger charge is 2.16. The van der Waals surface area contributed by atoms with E-state index in [0.717, 1.165) is 11.2 Å². The number of dihydropyridines is 1. The largest absolute Gasteiger partial charge is 0.456 e. The summed E-state index contributed by atoms with van der Waals surface area (Å²) >= 11 is 0. The van der Waals surface area contributed by atoms with Gasteiger partial charge in [0, 0.05) is 22.5 Å². The van der Waals surface area contributed by atoms with Gasteiger partial charge < -0.3 is 9.73 Å². The molecule has 0 aliphatic carbocycles. The molecule has 0 bridgehead atoms. The second-order valence-corrected chi connectivity index (χ2v) is 5.21. The van der Waals surface area contributed by atoms with Gasteiger partial charge in [0.05, 0.1) is 6.04 Å². The minimum atomic E-state index is 0.169. The van der Waals surface area contributed by atoms with Gasteiger partial charge in [-0.2, -0.15) is 0 Å². The average Bonchev–Trinajstić information content (AvgIpc) is 2.96. The molecule has 0 fully saturated rings. The molecule has 1 aromatic heterocycles. The smallest absolute Gasteiger partial charge is 0.141 e. The van der Waals surface area contributed by atoms with Crippen molar-refractivity contribution in [3.8, 4) is 0 Å². The SMILES string of the molecule is CC.CC1=CNC(c2cccc3c2oc2ccccc23)C=C1. The Morgan fingerprint density at radius 2 is 1.73 bits per heavy atom. The van der Waals surface area contributed by atoms with Gasteiger partial charge in [-0.3, -0.25) is 0 Å². The number of rotatable bonds is 1. The predicted octanol–water partition coefficient (Wildman–Crippen LogP) is 5.72. The minimum absolute atomic E-state index is 0.169. The van der Waals surface area contributed by atoms with Crippen LogP contribution in [-0.2, 0) is 0 Å². The monoisotopic (exact) mass is 291 g/mol. The summed E-state index contributed by atoms with van der Waals surface area (Å²) in [6, 6.07) is 14.7. The fourth-order valence-corrected chi connectivity index (χ4v) is 2.78. The number of furan rings is 1. The lowest BCUT2D eigenvalue weighted by atomic mass is 10.0. The molecule has 4 rings (SSSR count). The van der Waals surface area contributed by atoms with Crippen LogP contribution in [0.25, 0.3) is 21.9 Å². The molecule has 2 nitrogen and oxygen atoms in total. The zero-order chi connectivity index (χ0) is 15.5. The summed E-state index contributed by atoms with van der Waals surface area (Å²) in [5, 5.41) is 5.77. The molecular formula is C20H21NO. The third-order valence-corrected chi connectivity index (χ3v) is 3.81. The van der Waals surface area contributed by atoms with Crippen molar-refractivity contribution in [2.24, 2.45) is 0 Å². The standard InChI is InChI=1S/C18H15NO.C2H6/c1-12-9-10-16(19-11-12)15-7-4-6-14-13-5-2-3-8-17(13)20-18(14)15;1-2/h2-11,16,19H,1H3;1-2H3. The first-order valence-electron chi connectivity index (χ1n) is 7.84. The lowest BCUT2D eigenvalue weighted by Crippen LogP contribution is -2.16. The van der Waals surface area contributed by atoms with Crippen molar-refractivity contribution in [3.63, 3.8) is 0 Å². The van der Waals surface area contributed by atoms with Gasteiger partial charge in [0.1, 0.15) is 11.2 Å². The molecular weight excluding hydrogens is 270 g/mol. The van der Waals surface area contributed by atoms with Crippen molar-refractivity contribution in [1.82, 2.24) is 5.32 Å². The molecule has 0 saturated carbocycles. The number of nitrogens with one attached hydrogen (secondary N) is 1. The van der Waals surface area contributed by atoms with E-state index in [1.54, 1.807) is 0 Å². The van der Waals surface area contributed by atoms with E-state index in [4.69, 9.17) is 4.42 Å². The normalized spacial score (nSPS) is 16.9. The Labute approximate surface area is 131 Å². The molecule has 2 aromatic carbocycles. The maximum absolute atomic E-state index is 6.07. The first-order valence-corrected chi connectivity index (χ1v) is 7.84. The summed E-state index contributed by atoms with van der Waals surface area (Å²) in [7, 11) is 0. The molecule has 0 amide bonds. The molecule has 1 atom stereocenters. The van der Waals surface area contributed by atoms with E-state index < -0.39 is 0 Å². The number of fused-ring (bicyclic) bond motifs is 3. The molecule has 3 aromatic rings. The van der Waals surface area contributed by atoms with Crippen molar-refractivity contribution in [3.05, 3.63) is 72.0 Å². The van der Waals surface area contributed by atoms with Crippen LogP contribution in [0.3, 0.4) is 0 Å². The van der Waals surface area contributed by atoms with Crippen LogP contribution in [0.1, 0.15) is 32.4 Å². The van der Waals surface area contributed by atoms with Crippen LogP contribution in [0.2, 0.25) is 0 Å². The van der Waals surface area contributed by atoms with Gasteiger partial charge >= 0.3 is 0 Å². The van der Waals surface area contributed by atoms with E-state index in [1.807, 2.05) is 32.2 Å². The molecule has 1 aliphatic heterocycles. The topological polar surface area (TPSA) is 25.2 Å². The molecule has 1 unspecified atom stereocenters. The first-order chi connectivity index (χ1) is 10.8. The lowest BCUT2D eigenvalue weighted by Gasteiger charge is -2.18. The van der Waals surface area contributed by atoms with E-state index in [0.29, 0.717) is 0 Å². The lowest BCUT2D eigenvalue weighted by molar-refractivity contribution is 0.648. The van der Waals surface area contributed by atoms with Crippen LogP contribution in [0.15, 0.2) is 70.8 Å². The molecule has 2 heterocycles. The Morgan fingerprint density at radius 3 is 2.50 bits per heavy atom. The summed E-state index contributed by atoms with van der Waals surface area (Å²) in [5.41, 5.74) is 4.34. The molecule has 22 heavy (non-hydrogen) atoms. The van der Waals surface area contributed by atoms with Crippen LogP contribution < -0.4 is 5.32 Å². The van der Waals surface area contributed by atoms with Gasteiger partial charge in [-0.1, -0.05) is 62.4 Å². The van der Waals surface area contributed by atoms with E-state index in [-0.39, 0.29) is 6.04 Å².